The number of carbonyl (C=O) groups is 1. The molecule has 1 saturated heterocycles. The Morgan fingerprint density at radius 3 is 2.55 bits per heavy atom. The van der Waals surface area contributed by atoms with Gasteiger partial charge in [-0.1, -0.05) is 50.2 Å². The SMILES string of the molecule is CC(C)CC(N)C(=O)OCc1ccc(-c2cccc3c(=O)cc(N4CCOCC4)oc23)cc1. The number of fused-ring (bicyclic) bond motifs is 1. The molecule has 0 amide bonds. The smallest absolute Gasteiger partial charge is 0.323 e. The molecule has 7 heteroatoms. The zero-order chi connectivity index (χ0) is 23.4. The normalized spacial score (nSPS) is 15.1. The molecule has 0 radical (unpaired) electrons. The molecule has 1 unspecified atom stereocenters. The Morgan fingerprint density at radius 2 is 1.85 bits per heavy atom. The minimum Gasteiger partial charge on any atom is -0.460 e. The first-order valence-electron chi connectivity index (χ1n) is 11.3. The van der Waals surface area contributed by atoms with Crippen molar-refractivity contribution >= 4 is 22.8 Å². The van der Waals surface area contributed by atoms with Crippen LogP contribution in [0.15, 0.2) is 57.7 Å². The van der Waals surface area contributed by atoms with E-state index >= 15 is 0 Å². The van der Waals surface area contributed by atoms with Crippen molar-refractivity contribution in [2.45, 2.75) is 32.9 Å². The van der Waals surface area contributed by atoms with Gasteiger partial charge in [-0.25, -0.2) is 0 Å². The molecule has 0 saturated carbocycles. The van der Waals surface area contributed by atoms with Crippen LogP contribution >= 0.6 is 0 Å². The van der Waals surface area contributed by atoms with Crippen LogP contribution in [0.4, 0.5) is 5.88 Å². The van der Waals surface area contributed by atoms with E-state index < -0.39 is 6.04 Å². The molecule has 2 N–H and O–H groups in total. The monoisotopic (exact) mass is 450 g/mol. The van der Waals surface area contributed by atoms with Gasteiger partial charge in [-0.2, -0.15) is 0 Å². The summed E-state index contributed by atoms with van der Waals surface area (Å²) >= 11 is 0. The number of nitrogens with two attached hydrogens (primary N) is 1. The van der Waals surface area contributed by atoms with Gasteiger partial charge < -0.3 is 24.5 Å². The second kappa shape index (κ2) is 10.2. The van der Waals surface area contributed by atoms with Crippen molar-refractivity contribution in [1.82, 2.24) is 0 Å². The third-order valence-electron chi connectivity index (χ3n) is 5.74. The fourth-order valence-corrected chi connectivity index (χ4v) is 3.98. The van der Waals surface area contributed by atoms with Crippen LogP contribution in [0.25, 0.3) is 22.1 Å². The Bertz CT molecular complexity index is 1160. The molecule has 2 heterocycles. The average Bonchev–Trinajstić information content (AvgIpc) is 2.82. The number of benzene rings is 2. The number of hydrogen-bond acceptors (Lipinski definition) is 7. The lowest BCUT2D eigenvalue weighted by molar-refractivity contribution is -0.146. The topological polar surface area (TPSA) is 95.0 Å². The quantitative estimate of drug-likeness (QED) is 0.548. The Balaban J connectivity index is 1.55. The summed E-state index contributed by atoms with van der Waals surface area (Å²) in [5.41, 5.74) is 8.99. The van der Waals surface area contributed by atoms with E-state index in [9.17, 15) is 9.59 Å². The highest BCUT2D eigenvalue weighted by Gasteiger charge is 2.18. The number of ether oxygens (including phenoxy) is 2. The van der Waals surface area contributed by atoms with Crippen LogP contribution in [0, 0.1) is 5.92 Å². The fraction of sp³-hybridized carbons (Fsp3) is 0.385. The van der Waals surface area contributed by atoms with Crippen LogP contribution < -0.4 is 16.1 Å². The number of anilines is 1. The highest BCUT2D eigenvalue weighted by Crippen LogP contribution is 2.30. The number of hydrogen-bond donors (Lipinski definition) is 1. The molecule has 174 valence electrons. The van der Waals surface area contributed by atoms with E-state index in [0.717, 1.165) is 16.7 Å². The molecule has 1 fully saturated rings. The van der Waals surface area contributed by atoms with Crippen molar-refractivity contribution in [3.05, 3.63) is 64.3 Å². The molecule has 0 aliphatic carbocycles. The highest BCUT2D eigenvalue weighted by molar-refractivity contribution is 5.92. The van der Waals surface area contributed by atoms with E-state index in [0.29, 0.717) is 55.5 Å². The molecule has 1 aliphatic heterocycles. The van der Waals surface area contributed by atoms with E-state index in [4.69, 9.17) is 19.6 Å². The molecule has 33 heavy (non-hydrogen) atoms. The summed E-state index contributed by atoms with van der Waals surface area (Å²) in [5, 5.41) is 0.543. The van der Waals surface area contributed by atoms with Crippen LogP contribution in [-0.2, 0) is 20.9 Å². The van der Waals surface area contributed by atoms with Crippen molar-refractivity contribution in [2.24, 2.45) is 11.7 Å². The van der Waals surface area contributed by atoms with Crippen LogP contribution in [0.5, 0.6) is 0 Å². The average molecular weight is 451 g/mol. The first-order chi connectivity index (χ1) is 15.9. The molecule has 4 rings (SSSR count). The number of para-hydroxylation sites is 1. The molecule has 3 aromatic rings. The highest BCUT2D eigenvalue weighted by atomic mass is 16.5. The third kappa shape index (κ3) is 5.43. The van der Waals surface area contributed by atoms with E-state index in [1.54, 1.807) is 12.1 Å². The lowest BCUT2D eigenvalue weighted by Crippen LogP contribution is -2.36. The number of carbonyl (C=O) groups excluding carboxylic acids is 1. The van der Waals surface area contributed by atoms with Gasteiger partial charge in [0.25, 0.3) is 0 Å². The maximum Gasteiger partial charge on any atom is 0.323 e. The largest absolute Gasteiger partial charge is 0.460 e. The van der Waals surface area contributed by atoms with E-state index in [2.05, 4.69) is 0 Å². The zero-order valence-electron chi connectivity index (χ0n) is 19.1. The zero-order valence-corrected chi connectivity index (χ0v) is 19.1. The van der Waals surface area contributed by atoms with E-state index in [1.165, 1.54) is 0 Å². The summed E-state index contributed by atoms with van der Waals surface area (Å²) in [5.74, 6) is 0.500. The van der Waals surface area contributed by atoms with Gasteiger partial charge in [0, 0.05) is 24.7 Å². The standard InChI is InChI=1S/C26H30N2O5/c1-17(2)14-22(27)26(30)32-16-18-6-8-19(9-7-18)20-4-3-5-21-23(29)15-24(33-25(20)21)28-10-12-31-13-11-28/h3-9,15,17,22H,10-14,16,27H2,1-2H3. The van der Waals surface area contributed by atoms with Crippen LogP contribution in [0.1, 0.15) is 25.8 Å². The fourth-order valence-electron chi connectivity index (χ4n) is 3.98. The molecule has 0 bridgehead atoms. The molecule has 2 aromatic carbocycles. The lowest BCUT2D eigenvalue weighted by Gasteiger charge is -2.27. The van der Waals surface area contributed by atoms with E-state index in [1.807, 2.05) is 55.1 Å². The van der Waals surface area contributed by atoms with Crippen molar-refractivity contribution in [2.75, 3.05) is 31.2 Å². The van der Waals surface area contributed by atoms with Gasteiger partial charge in [-0.15, -0.1) is 0 Å². The Hall–Kier alpha value is -3.16. The Labute approximate surface area is 193 Å². The van der Waals surface area contributed by atoms with Crippen molar-refractivity contribution < 1.29 is 18.7 Å². The third-order valence-corrected chi connectivity index (χ3v) is 5.74. The minimum atomic E-state index is -0.608. The molecule has 0 spiro atoms. The van der Waals surface area contributed by atoms with Crippen LogP contribution in [-0.4, -0.2) is 38.3 Å². The van der Waals surface area contributed by atoms with Gasteiger partial charge in [0.1, 0.15) is 18.2 Å². The number of esters is 1. The first kappa shape index (κ1) is 23.0. The van der Waals surface area contributed by atoms with Gasteiger partial charge in [0.15, 0.2) is 11.3 Å². The summed E-state index contributed by atoms with van der Waals surface area (Å²) in [7, 11) is 0. The Morgan fingerprint density at radius 1 is 1.12 bits per heavy atom. The van der Waals surface area contributed by atoms with E-state index in [-0.39, 0.29) is 18.0 Å². The van der Waals surface area contributed by atoms with Gasteiger partial charge in [-0.05, 0) is 29.5 Å². The number of morpholine rings is 1. The molecule has 1 atom stereocenters. The summed E-state index contributed by atoms with van der Waals surface area (Å²) in [4.78, 5) is 26.9. The van der Waals surface area contributed by atoms with Crippen LogP contribution in [0.2, 0.25) is 0 Å². The molecule has 1 aromatic heterocycles. The molecular weight excluding hydrogens is 420 g/mol. The second-order valence-electron chi connectivity index (χ2n) is 8.77. The first-order valence-corrected chi connectivity index (χ1v) is 11.3. The maximum atomic E-state index is 12.8. The summed E-state index contributed by atoms with van der Waals surface area (Å²) in [6.45, 7) is 6.79. The lowest BCUT2D eigenvalue weighted by atomic mass is 10.0. The minimum absolute atomic E-state index is 0.0686. The van der Waals surface area contributed by atoms with Gasteiger partial charge in [-0.3, -0.25) is 9.59 Å². The van der Waals surface area contributed by atoms with Gasteiger partial charge in [0.2, 0.25) is 0 Å². The van der Waals surface area contributed by atoms with Gasteiger partial charge in [0.05, 0.1) is 18.6 Å². The summed E-state index contributed by atoms with van der Waals surface area (Å²) in [6.07, 6.45) is 0.594. The predicted molar refractivity (Wildman–Crippen MR) is 128 cm³/mol. The summed E-state index contributed by atoms with van der Waals surface area (Å²) in [6, 6.07) is 14.2. The van der Waals surface area contributed by atoms with Crippen molar-refractivity contribution in [3.8, 4) is 11.1 Å². The number of nitrogens with zero attached hydrogens (tertiary/aromatic N) is 1. The Kier molecular flexibility index (Phi) is 7.11. The molecule has 7 nitrogen and oxygen atoms in total. The molecule has 1 aliphatic rings. The number of rotatable bonds is 7. The summed E-state index contributed by atoms with van der Waals surface area (Å²) < 4.78 is 17.0. The molecular formula is C26H30N2O5. The van der Waals surface area contributed by atoms with Crippen molar-refractivity contribution in [1.29, 1.82) is 0 Å². The second-order valence-corrected chi connectivity index (χ2v) is 8.77. The van der Waals surface area contributed by atoms with Gasteiger partial charge >= 0.3 is 5.97 Å². The predicted octanol–water partition coefficient (Wildman–Crippen LogP) is 3.71. The van der Waals surface area contributed by atoms with Crippen molar-refractivity contribution in [3.63, 3.8) is 0 Å². The van der Waals surface area contributed by atoms with Crippen LogP contribution in [0.3, 0.4) is 0 Å². The maximum absolute atomic E-state index is 12.8.